The number of ether oxygens (including phenoxy) is 1. The molecule has 118 valence electrons. The summed E-state index contributed by atoms with van der Waals surface area (Å²) in [4.78, 5) is 12.4. The van der Waals surface area contributed by atoms with Crippen molar-refractivity contribution in [3.63, 3.8) is 0 Å². The van der Waals surface area contributed by atoms with Crippen molar-refractivity contribution in [3.8, 4) is 0 Å². The van der Waals surface area contributed by atoms with E-state index in [-0.39, 0.29) is 29.9 Å². The minimum absolute atomic E-state index is 0.148. The zero-order valence-corrected chi connectivity index (χ0v) is 12.8. The molecule has 4 nitrogen and oxygen atoms in total. The van der Waals surface area contributed by atoms with E-state index in [0.717, 1.165) is 0 Å². The van der Waals surface area contributed by atoms with Gasteiger partial charge >= 0.3 is 0 Å². The predicted octanol–water partition coefficient (Wildman–Crippen LogP) is 4.23. The van der Waals surface area contributed by atoms with Crippen LogP contribution in [0.15, 0.2) is 85.1 Å². The second kappa shape index (κ2) is 11.0. The van der Waals surface area contributed by atoms with Gasteiger partial charge in [0.05, 0.1) is 6.26 Å². The lowest BCUT2D eigenvalue weighted by molar-refractivity contribution is -0.112. The molecule has 0 saturated carbocycles. The second-order valence-electron chi connectivity index (χ2n) is 4.28. The Kier molecular flexibility index (Phi) is 9.60. The third-order valence-corrected chi connectivity index (χ3v) is 2.51. The molecule has 0 heterocycles. The topological polar surface area (TPSA) is 66.8 Å². The lowest BCUT2D eigenvalue weighted by Gasteiger charge is -2.09. The van der Waals surface area contributed by atoms with Crippen LogP contribution in [0, 0.1) is 0 Å². The SMILES string of the molecule is C=CCO/C=C(/C/C(O)=C/O)C(=O)C(=C)C(=C)/C=C\C=C/C. The summed E-state index contributed by atoms with van der Waals surface area (Å²) in [6.07, 6.45) is 10.1. The van der Waals surface area contributed by atoms with Crippen molar-refractivity contribution < 1.29 is 19.7 Å². The molecule has 0 spiro atoms. The molecule has 0 aromatic heterocycles. The van der Waals surface area contributed by atoms with Gasteiger partial charge in [0, 0.05) is 17.6 Å². The van der Waals surface area contributed by atoms with Crippen LogP contribution in [0.25, 0.3) is 0 Å². The Bertz CT molecular complexity index is 545. The molecule has 0 radical (unpaired) electrons. The molecule has 0 atom stereocenters. The first-order valence-electron chi connectivity index (χ1n) is 6.63. The Morgan fingerprint density at radius 1 is 1.27 bits per heavy atom. The van der Waals surface area contributed by atoms with E-state index in [9.17, 15) is 9.90 Å². The zero-order valence-electron chi connectivity index (χ0n) is 12.8. The summed E-state index contributed by atoms with van der Waals surface area (Å²) in [5.41, 5.74) is 0.778. The van der Waals surface area contributed by atoms with Crippen LogP contribution in [-0.2, 0) is 9.53 Å². The first-order chi connectivity index (χ1) is 10.5. The maximum Gasteiger partial charge on any atom is 0.192 e. The van der Waals surface area contributed by atoms with Crippen molar-refractivity contribution >= 4 is 5.78 Å². The van der Waals surface area contributed by atoms with E-state index >= 15 is 0 Å². The normalized spacial score (nSPS) is 12.6. The van der Waals surface area contributed by atoms with Gasteiger partial charge in [-0.25, -0.2) is 0 Å². The van der Waals surface area contributed by atoms with Crippen LogP contribution in [-0.4, -0.2) is 22.6 Å². The van der Waals surface area contributed by atoms with Gasteiger partial charge < -0.3 is 14.9 Å². The molecule has 0 bridgehead atoms. The Morgan fingerprint density at radius 2 is 1.95 bits per heavy atom. The Labute approximate surface area is 131 Å². The monoisotopic (exact) mass is 302 g/mol. The smallest absolute Gasteiger partial charge is 0.192 e. The summed E-state index contributed by atoms with van der Waals surface area (Å²) >= 11 is 0. The molecule has 0 aliphatic carbocycles. The fraction of sp³-hybridized carbons (Fsp3) is 0.167. The van der Waals surface area contributed by atoms with E-state index in [2.05, 4.69) is 19.7 Å². The van der Waals surface area contributed by atoms with E-state index in [1.807, 2.05) is 13.0 Å². The summed E-state index contributed by atoms with van der Waals surface area (Å²) < 4.78 is 5.12. The number of ketones is 1. The summed E-state index contributed by atoms with van der Waals surface area (Å²) in [5, 5.41) is 18.2. The first kappa shape index (κ1) is 19.2. The molecule has 2 N–H and O–H groups in total. The minimum Gasteiger partial charge on any atom is -0.512 e. The largest absolute Gasteiger partial charge is 0.512 e. The highest BCUT2D eigenvalue weighted by Crippen LogP contribution is 2.18. The number of aliphatic hydroxyl groups is 2. The van der Waals surface area contributed by atoms with Gasteiger partial charge in [-0.2, -0.15) is 0 Å². The number of hydrogen-bond donors (Lipinski definition) is 2. The van der Waals surface area contributed by atoms with Crippen molar-refractivity contribution in [3.05, 3.63) is 85.1 Å². The highest BCUT2D eigenvalue weighted by molar-refractivity contribution is 6.11. The number of hydrogen-bond acceptors (Lipinski definition) is 4. The average molecular weight is 302 g/mol. The fourth-order valence-electron chi connectivity index (χ4n) is 1.36. The molecular weight excluding hydrogens is 280 g/mol. The third-order valence-electron chi connectivity index (χ3n) is 2.51. The van der Waals surface area contributed by atoms with Gasteiger partial charge in [-0.3, -0.25) is 4.79 Å². The summed E-state index contributed by atoms with van der Waals surface area (Å²) in [7, 11) is 0. The fourth-order valence-corrected chi connectivity index (χ4v) is 1.36. The van der Waals surface area contributed by atoms with Gasteiger partial charge in [-0.05, 0) is 12.5 Å². The summed E-state index contributed by atoms with van der Waals surface area (Å²) in [6, 6.07) is 0. The van der Waals surface area contributed by atoms with E-state index in [4.69, 9.17) is 9.84 Å². The van der Waals surface area contributed by atoms with Gasteiger partial charge in [-0.15, -0.1) is 0 Å². The molecule has 0 aliphatic rings. The average Bonchev–Trinajstić information content (AvgIpc) is 2.52. The summed E-state index contributed by atoms with van der Waals surface area (Å²) in [6.45, 7) is 13.1. The lowest BCUT2D eigenvalue weighted by atomic mass is 9.97. The van der Waals surface area contributed by atoms with Crippen LogP contribution in [0.1, 0.15) is 13.3 Å². The number of carbonyl (C=O) groups excluding carboxylic acids is 1. The molecule has 0 rings (SSSR count). The van der Waals surface area contributed by atoms with Crippen molar-refractivity contribution in [2.75, 3.05) is 6.61 Å². The molecule has 0 unspecified atom stereocenters. The summed E-state index contributed by atoms with van der Waals surface area (Å²) in [5.74, 6) is -0.780. The molecular formula is C18H22O4. The van der Waals surface area contributed by atoms with Crippen molar-refractivity contribution in [2.24, 2.45) is 0 Å². The van der Waals surface area contributed by atoms with Crippen molar-refractivity contribution in [2.45, 2.75) is 13.3 Å². The molecule has 0 saturated heterocycles. The van der Waals surface area contributed by atoms with E-state index < -0.39 is 5.78 Å². The van der Waals surface area contributed by atoms with Crippen molar-refractivity contribution in [1.29, 1.82) is 0 Å². The predicted molar refractivity (Wildman–Crippen MR) is 89.4 cm³/mol. The van der Waals surface area contributed by atoms with Crippen LogP contribution in [0.5, 0.6) is 0 Å². The zero-order chi connectivity index (χ0) is 17.0. The first-order valence-corrected chi connectivity index (χ1v) is 6.63. The minimum atomic E-state index is -0.424. The van der Waals surface area contributed by atoms with Gasteiger partial charge in [0.25, 0.3) is 0 Å². The number of carbonyl (C=O) groups is 1. The Hall–Kier alpha value is -2.75. The molecule has 0 amide bonds. The molecule has 0 aromatic carbocycles. The molecule has 4 heteroatoms. The van der Waals surface area contributed by atoms with E-state index in [1.165, 1.54) is 12.3 Å². The van der Waals surface area contributed by atoms with Crippen LogP contribution < -0.4 is 0 Å². The van der Waals surface area contributed by atoms with Gasteiger partial charge in [0.15, 0.2) is 5.78 Å². The molecule has 0 aliphatic heterocycles. The number of aliphatic hydroxyl groups excluding tert-OH is 2. The van der Waals surface area contributed by atoms with Crippen LogP contribution in [0.3, 0.4) is 0 Å². The lowest BCUT2D eigenvalue weighted by Crippen LogP contribution is -2.08. The Morgan fingerprint density at radius 3 is 2.50 bits per heavy atom. The third kappa shape index (κ3) is 7.14. The molecule has 22 heavy (non-hydrogen) atoms. The van der Waals surface area contributed by atoms with Crippen molar-refractivity contribution in [1.82, 2.24) is 0 Å². The van der Waals surface area contributed by atoms with Gasteiger partial charge in [0.2, 0.25) is 0 Å². The standard InChI is InChI=1S/C18H22O4/c1-5-7-8-9-14(3)15(4)18(21)16(11-17(20)12-19)13-22-10-6-2/h5-9,12-13,19-20H,2-4,10-11H2,1H3/b7-5-,9-8-,16-13-,17-12-. The highest BCUT2D eigenvalue weighted by Gasteiger charge is 2.17. The highest BCUT2D eigenvalue weighted by atomic mass is 16.5. The number of allylic oxidation sites excluding steroid dienone is 7. The molecule has 0 fully saturated rings. The van der Waals surface area contributed by atoms with E-state index in [1.54, 1.807) is 18.2 Å². The quantitative estimate of drug-likeness (QED) is 0.208. The Balaban J connectivity index is 5.16. The molecule has 0 aromatic rings. The second-order valence-corrected chi connectivity index (χ2v) is 4.28. The maximum absolute atomic E-state index is 12.4. The van der Waals surface area contributed by atoms with Gasteiger partial charge in [0.1, 0.15) is 18.6 Å². The van der Waals surface area contributed by atoms with Crippen LogP contribution >= 0.6 is 0 Å². The number of Topliss-reactive ketones (excluding diaryl/α,β-unsaturated/α-hetero) is 1. The number of rotatable bonds is 10. The van der Waals surface area contributed by atoms with Gasteiger partial charge in [-0.1, -0.05) is 50.1 Å². The van der Waals surface area contributed by atoms with Crippen LogP contribution in [0.2, 0.25) is 0 Å². The van der Waals surface area contributed by atoms with Crippen LogP contribution in [0.4, 0.5) is 0 Å². The van der Waals surface area contributed by atoms with E-state index in [0.29, 0.717) is 11.8 Å². The maximum atomic E-state index is 12.4.